The normalized spacial score (nSPS) is 21.2. The number of rotatable bonds is 1. The maximum Gasteiger partial charge on any atom is 0.126 e. The number of nitrogens with two attached hydrogens (primary N) is 1. The van der Waals surface area contributed by atoms with Gasteiger partial charge in [-0.15, -0.1) is 0 Å². The monoisotopic (exact) mass is 331 g/mol. The highest BCUT2D eigenvalue weighted by Gasteiger charge is 2.28. The number of fused-ring (bicyclic) bond motifs is 1. The zero-order valence-corrected chi connectivity index (χ0v) is 13.3. The average Bonchev–Trinajstić information content (AvgIpc) is 2.42. The van der Waals surface area contributed by atoms with Crippen molar-refractivity contribution in [2.24, 2.45) is 5.73 Å². The van der Waals surface area contributed by atoms with E-state index in [0.29, 0.717) is 0 Å². The van der Waals surface area contributed by atoms with Crippen LogP contribution in [-0.4, -0.2) is 0 Å². The first-order valence-corrected chi connectivity index (χ1v) is 7.63. The van der Waals surface area contributed by atoms with E-state index in [2.05, 4.69) is 54.0 Å². The molecule has 1 unspecified atom stereocenters. The molecule has 0 aliphatic carbocycles. The minimum absolute atomic E-state index is 0.0150. The van der Waals surface area contributed by atoms with Gasteiger partial charge in [0.25, 0.3) is 0 Å². The lowest BCUT2D eigenvalue weighted by Crippen LogP contribution is -2.24. The summed E-state index contributed by atoms with van der Waals surface area (Å²) in [7, 11) is 0. The molecule has 0 bridgehead atoms. The maximum absolute atomic E-state index is 6.33. The summed E-state index contributed by atoms with van der Waals surface area (Å²) in [6, 6.07) is 12.5. The maximum atomic E-state index is 6.33. The van der Waals surface area contributed by atoms with Crippen LogP contribution in [0.15, 0.2) is 40.9 Å². The Morgan fingerprint density at radius 3 is 2.70 bits per heavy atom. The van der Waals surface area contributed by atoms with Crippen molar-refractivity contribution in [3.63, 3.8) is 0 Å². The highest BCUT2D eigenvalue weighted by molar-refractivity contribution is 9.10. The van der Waals surface area contributed by atoms with Crippen molar-refractivity contribution in [2.75, 3.05) is 0 Å². The van der Waals surface area contributed by atoms with Crippen LogP contribution < -0.4 is 10.5 Å². The predicted octanol–water partition coefficient (Wildman–Crippen LogP) is 4.59. The van der Waals surface area contributed by atoms with Crippen molar-refractivity contribution in [3.05, 3.63) is 63.1 Å². The van der Waals surface area contributed by atoms with E-state index in [0.717, 1.165) is 22.2 Å². The van der Waals surface area contributed by atoms with Gasteiger partial charge in [0.05, 0.1) is 0 Å². The molecule has 0 amide bonds. The summed E-state index contributed by atoms with van der Waals surface area (Å²) in [4.78, 5) is 0. The van der Waals surface area contributed by atoms with Gasteiger partial charge in [0.1, 0.15) is 11.9 Å². The molecule has 3 rings (SSSR count). The summed E-state index contributed by atoms with van der Waals surface area (Å²) in [5, 5.41) is 0. The Balaban J connectivity index is 1.99. The summed E-state index contributed by atoms with van der Waals surface area (Å²) in [5.41, 5.74) is 11.2. The Labute approximate surface area is 128 Å². The first kappa shape index (κ1) is 13.7. The molecule has 2 aromatic rings. The molecule has 20 heavy (non-hydrogen) atoms. The first-order valence-electron chi connectivity index (χ1n) is 6.83. The summed E-state index contributed by atoms with van der Waals surface area (Å²) in [6.45, 7) is 4.23. The van der Waals surface area contributed by atoms with Crippen LogP contribution in [0.5, 0.6) is 5.75 Å². The third-order valence-electron chi connectivity index (χ3n) is 3.89. The molecule has 1 aliphatic rings. The molecule has 104 valence electrons. The Kier molecular flexibility index (Phi) is 3.57. The van der Waals surface area contributed by atoms with Crippen LogP contribution in [0.4, 0.5) is 0 Å². The Bertz CT molecular complexity index is 653. The smallest absolute Gasteiger partial charge is 0.126 e. The Hall–Kier alpha value is -1.32. The SMILES string of the molecule is Cc1ccc(C)c(C2C[C@@H](N)c3cc(Br)ccc3O2)c1. The molecule has 2 atom stereocenters. The minimum atomic E-state index is 0.0150. The van der Waals surface area contributed by atoms with Gasteiger partial charge < -0.3 is 10.5 Å². The fourth-order valence-electron chi connectivity index (χ4n) is 2.77. The highest BCUT2D eigenvalue weighted by Crippen LogP contribution is 2.41. The third-order valence-corrected chi connectivity index (χ3v) is 4.38. The summed E-state index contributed by atoms with van der Waals surface area (Å²) >= 11 is 3.49. The van der Waals surface area contributed by atoms with Crippen molar-refractivity contribution in [1.29, 1.82) is 0 Å². The van der Waals surface area contributed by atoms with Gasteiger partial charge in [0.15, 0.2) is 0 Å². The molecule has 2 aromatic carbocycles. The van der Waals surface area contributed by atoms with E-state index in [1.54, 1.807) is 0 Å². The van der Waals surface area contributed by atoms with Gasteiger partial charge in [-0.2, -0.15) is 0 Å². The lowest BCUT2D eigenvalue weighted by atomic mass is 9.91. The zero-order chi connectivity index (χ0) is 14.3. The standard InChI is InChI=1S/C17H18BrNO/c1-10-3-4-11(2)13(7-10)17-9-15(19)14-8-12(18)5-6-16(14)20-17/h3-8,15,17H,9,19H2,1-2H3/t15-,17?/m1/s1. The lowest BCUT2D eigenvalue weighted by molar-refractivity contribution is 0.161. The number of benzene rings is 2. The molecule has 2 nitrogen and oxygen atoms in total. The largest absolute Gasteiger partial charge is 0.485 e. The molecule has 0 saturated carbocycles. The van der Waals surface area contributed by atoms with E-state index in [9.17, 15) is 0 Å². The van der Waals surface area contributed by atoms with Crippen LogP contribution in [0.3, 0.4) is 0 Å². The number of halogens is 1. The molecule has 0 saturated heterocycles. The molecule has 3 heteroatoms. The average molecular weight is 332 g/mol. The van der Waals surface area contributed by atoms with E-state index < -0.39 is 0 Å². The van der Waals surface area contributed by atoms with Crippen LogP contribution in [0, 0.1) is 13.8 Å². The van der Waals surface area contributed by atoms with E-state index in [1.807, 2.05) is 12.1 Å². The molecule has 0 spiro atoms. The van der Waals surface area contributed by atoms with Crippen LogP contribution >= 0.6 is 15.9 Å². The predicted molar refractivity (Wildman–Crippen MR) is 85.0 cm³/mol. The van der Waals surface area contributed by atoms with Crippen molar-refractivity contribution < 1.29 is 4.74 Å². The third kappa shape index (κ3) is 2.48. The van der Waals surface area contributed by atoms with Crippen molar-refractivity contribution in [1.82, 2.24) is 0 Å². The quantitative estimate of drug-likeness (QED) is 0.829. The molecular weight excluding hydrogens is 314 g/mol. The fourth-order valence-corrected chi connectivity index (χ4v) is 3.15. The van der Waals surface area contributed by atoms with E-state index in [4.69, 9.17) is 10.5 Å². The zero-order valence-electron chi connectivity index (χ0n) is 11.7. The second-order valence-electron chi connectivity index (χ2n) is 5.49. The number of aryl methyl sites for hydroxylation is 2. The van der Waals surface area contributed by atoms with Crippen molar-refractivity contribution in [2.45, 2.75) is 32.4 Å². The summed E-state index contributed by atoms with van der Waals surface area (Å²) in [6.07, 6.45) is 0.854. The Morgan fingerprint density at radius 2 is 1.90 bits per heavy atom. The topological polar surface area (TPSA) is 35.2 Å². The number of hydrogen-bond donors (Lipinski definition) is 1. The first-order chi connectivity index (χ1) is 9.54. The second-order valence-corrected chi connectivity index (χ2v) is 6.41. The molecule has 0 aromatic heterocycles. The van der Waals surface area contributed by atoms with Gasteiger partial charge in [-0.05, 0) is 43.2 Å². The van der Waals surface area contributed by atoms with Gasteiger partial charge in [-0.3, -0.25) is 0 Å². The Morgan fingerprint density at radius 1 is 1.10 bits per heavy atom. The van der Waals surface area contributed by atoms with Crippen molar-refractivity contribution >= 4 is 15.9 Å². The van der Waals surface area contributed by atoms with Gasteiger partial charge in [0, 0.05) is 22.5 Å². The summed E-state index contributed by atoms with van der Waals surface area (Å²) in [5.74, 6) is 0.901. The van der Waals surface area contributed by atoms with Crippen molar-refractivity contribution in [3.8, 4) is 5.75 Å². The number of ether oxygens (including phenoxy) is 1. The molecule has 0 radical (unpaired) electrons. The molecular formula is C17H18BrNO. The molecule has 0 fully saturated rings. The van der Waals surface area contributed by atoms with E-state index >= 15 is 0 Å². The second kappa shape index (κ2) is 5.23. The highest BCUT2D eigenvalue weighted by atomic mass is 79.9. The molecule has 1 heterocycles. The van der Waals surface area contributed by atoms with Gasteiger partial charge >= 0.3 is 0 Å². The van der Waals surface area contributed by atoms with Crippen LogP contribution in [0.2, 0.25) is 0 Å². The van der Waals surface area contributed by atoms with Crippen LogP contribution in [0.25, 0.3) is 0 Å². The van der Waals surface area contributed by atoms with E-state index in [1.165, 1.54) is 16.7 Å². The molecule has 1 aliphatic heterocycles. The van der Waals surface area contributed by atoms with Crippen LogP contribution in [0.1, 0.15) is 40.8 Å². The lowest BCUT2D eigenvalue weighted by Gasteiger charge is -2.31. The van der Waals surface area contributed by atoms with Gasteiger partial charge in [-0.25, -0.2) is 0 Å². The van der Waals surface area contributed by atoms with E-state index in [-0.39, 0.29) is 12.1 Å². The van der Waals surface area contributed by atoms with Gasteiger partial charge in [0.2, 0.25) is 0 Å². The van der Waals surface area contributed by atoms with Crippen LogP contribution in [-0.2, 0) is 0 Å². The fraction of sp³-hybridized carbons (Fsp3) is 0.294. The molecule has 2 N–H and O–H groups in total. The minimum Gasteiger partial charge on any atom is -0.485 e. The summed E-state index contributed by atoms with van der Waals surface area (Å²) < 4.78 is 7.22. The number of hydrogen-bond acceptors (Lipinski definition) is 2. The van der Waals surface area contributed by atoms with Gasteiger partial charge in [-0.1, -0.05) is 39.7 Å².